The SMILES string of the molecule is Cc1c(/C=C/CC(C)(C)C)c(CC(=O)O)c(C)c2c1CN(C=O)C2. The Morgan fingerprint density at radius 2 is 1.75 bits per heavy atom. The summed E-state index contributed by atoms with van der Waals surface area (Å²) in [6.07, 6.45) is 6.00. The second-order valence-electron chi connectivity index (χ2n) is 7.85. The number of nitrogens with zero attached hydrogens (tertiary/aromatic N) is 1. The first-order valence-corrected chi connectivity index (χ1v) is 8.35. The first-order valence-electron chi connectivity index (χ1n) is 8.35. The fourth-order valence-corrected chi connectivity index (χ4v) is 3.33. The Hall–Kier alpha value is -2.10. The Bertz CT molecular complexity index is 696. The van der Waals surface area contributed by atoms with Gasteiger partial charge in [-0.05, 0) is 59.1 Å². The molecule has 24 heavy (non-hydrogen) atoms. The van der Waals surface area contributed by atoms with Crippen molar-refractivity contribution < 1.29 is 14.7 Å². The quantitative estimate of drug-likeness (QED) is 0.835. The van der Waals surface area contributed by atoms with E-state index in [4.69, 9.17) is 0 Å². The van der Waals surface area contributed by atoms with Crippen LogP contribution in [0.25, 0.3) is 6.08 Å². The number of benzene rings is 1. The third kappa shape index (κ3) is 3.86. The Labute approximate surface area is 144 Å². The zero-order chi connectivity index (χ0) is 18.1. The minimum absolute atomic E-state index is 0.0102. The smallest absolute Gasteiger partial charge is 0.307 e. The molecule has 1 heterocycles. The standard InChI is InChI=1S/C20H27NO3/c1-13-15(7-6-8-20(3,4)5)16(9-19(23)24)14(2)18-11-21(12-22)10-17(13)18/h6-7,12H,8-11H2,1-5H3,(H,23,24)/b7-6+. The van der Waals surface area contributed by atoms with E-state index in [1.807, 2.05) is 13.8 Å². The van der Waals surface area contributed by atoms with E-state index in [0.29, 0.717) is 13.1 Å². The van der Waals surface area contributed by atoms with Crippen LogP contribution in [0.2, 0.25) is 0 Å². The van der Waals surface area contributed by atoms with Crippen molar-refractivity contribution in [1.82, 2.24) is 4.90 Å². The molecule has 1 aliphatic heterocycles. The summed E-state index contributed by atoms with van der Waals surface area (Å²) in [5.41, 5.74) is 6.46. The van der Waals surface area contributed by atoms with Gasteiger partial charge in [-0.2, -0.15) is 0 Å². The Kier molecular flexibility index (Phi) is 5.16. The van der Waals surface area contributed by atoms with Crippen molar-refractivity contribution >= 4 is 18.5 Å². The summed E-state index contributed by atoms with van der Waals surface area (Å²) in [6.45, 7) is 11.7. The van der Waals surface area contributed by atoms with Crippen LogP contribution in [0, 0.1) is 19.3 Å². The number of rotatable bonds is 5. The number of fused-ring (bicyclic) bond motifs is 1. The highest BCUT2D eigenvalue weighted by atomic mass is 16.4. The van der Waals surface area contributed by atoms with Gasteiger partial charge in [-0.25, -0.2) is 0 Å². The molecular formula is C20H27NO3. The monoisotopic (exact) mass is 329 g/mol. The van der Waals surface area contributed by atoms with E-state index in [1.54, 1.807) is 4.90 Å². The van der Waals surface area contributed by atoms with Crippen LogP contribution in [0.3, 0.4) is 0 Å². The maximum Gasteiger partial charge on any atom is 0.307 e. The lowest BCUT2D eigenvalue weighted by atomic mass is 9.86. The van der Waals surface area contributed by atoms with E-state index in [-0.39, 0.29) is 11.8 Å². The van der Waals surface area contributed by atoms with Gasteiger partial charge in [0.15, 0.2) is 0 Å². The number of carboxylic acids is 1. The van der Waals surface area contributed by atoms with E-state index in [1.165, 1.54) is 5.56 Å². The average molecular weight is 329 g/mol. The first-order chi connectivity index (χ1) is 11.1. The molecule has 0 spiro atoms. The second-order valence-corrected chi connectivity index (χ2v) is 7.85. The summed E-state index contributed by atoms with van der Waals surface area (Å²) in [5.74, 6) is -0.826. The van der Waals surface area contributed by atoms with Crippen LogP contribution < -0.4 is 0 Å². The molecule has 0 bridgehead atoms. The molecule has 0 fully saturated rings. The molecular weight excluding hydrogens is 302 g/mol. The molecule has 0 unspecified atom stereocenters. The van der Waals surface area contributed by atoms with Crippen molar-refractivity contribution in [3.8, 4) is 0 Å². The second kappa shape index (κ2) is 6.80. The number of carboxylic acid groups (broad SMARTS) is 1. The number of aliphatic carboxylic acids is 1. The first kappa shape index (κ1) is 18.2. The predicted molar refractivity (Wildman–Crippen MR) is 95.7 cm³/mol. The minimum atomic E-state index is -0.826. The number of amides is 1. The van der Waals surface area contributed by atoms with Crippen molar-refractivity contribution in [2.75, 3.05) is 0 Å². The summed E-state index contributed by atoms with van der Waals surface area (Å²) in [6, 6.07) is 0. The molecule has 0 aliphatic carbocycles. The van der Waals surface area contributed by atoms with Crippen LogP contribution in [0.4, 0.5) is 0 Å². The molecule has 2 rings (SSSR count). The van der Waals surface area contributed by atoms with Crippen LogP contribution >= 0.6 is 0 Å². The lowest BCUT2D eigenvalue weighted by molar-refractivity contribution is -0.136. The van der Waals surface area contributed by atoms with Crippen LogP contribution in [-0.4, -0.2) is 22.4 Å². The molecule has 1 aromatic rings. The third-order valence-electron chi connectivity index (χ3n) is 4.67. The van der Waals surface area contributed by atoms with Crippen molar-refractivity contribution in [3.05, 3.63) is 39.5 Å². The van der Waals surface area contributed by atoms with Crippen molar-refractivity contribution in [2.24, 2.45) is 5.41 Å². The largest absolute Gasteiger partial charge is 0.481 e. The van der Waals surface area contributed by atoms with Gasteiger partial charge in [0.05, 0.1) is 6.42 Å². The molecule has 130 valence electrons. The number of allylic oxidation sites excluding steroid dienone is 1. The molecule has 0 aromatic heterocycles. The molecule has 1 aromatic carbocycles. The van der Waals surface area contributed by atoms with Crippen LogP contribution in [0.1, 0.15) is 60.6 Å². The number of carbonyl (C=O) groups is 2. The van der Waals surface area contributed by atoms with Gasteiger partial charge in [0.2, 0.25) is 6.41 Å². The maximum atomic E-state index is 11.3. The van der Waals surface area contributed by atoms with Crippen LogP contribution in [0.15, 0.2) is 6.08 Å². The van der Waals surface area contributed by atoms with Gasteiger partial charge < -0.3 is 10.0 Å². The highest BCUT2D eigenvalue weighted by Crippen LogP contribution is 2.35. The van der Waals surface area contributed by atoms with Gasteiger partial charge in [0.25, 0.3) is 0 Å². The van der Waals surface area contributed by atoms with E-state index in [9.17, 15) is 14.7 Å². The fourth-order valence-electron chi connectivity index (χ4n) is 3.33. The van der Waals surface area contributed by atoms with Crippen LogP contribution in [-0.2, 0) is 29.1 Å². The summed E-state index contributed by atoms with van der Waals surface area (Å²) < 4.78 is 0. The third-order valence-corrected chi connectivity index (χ3v) is 4.67. The van der Waals surface area contributed by atoms with Gasteiger partial charge in [-0.3, -0.25) is 9.59 Å². The summed E-state index contributed by atoms with van der Waals surface area (Å²) in [7, 11) is 0. The zero-order valence-electron chi connectivity index (χ0n) is 15.3. The molecule has 0 saturated carbocycles. The van der Waals surface area contributed by atoms with Gasteiger partial charge in [0.1, 0.15) is 0 Å². The molecule has 0 saturated heterocycles. The normalized spacial score (nSPS) is 14.3. The van der Waals surface area contributed by atoms with Crippen molar-refractivity contribution in [3.63, 3.8) is 0 Å². The number of hydrogen-bond donors (Lipinski definition) is 1. The lowest BCUT2D eigenvalue weighted by Gasteiger charge is -2.18. The molecule has 0 radical (unpaired) electrons. The summed E-state index contributed by atoms with van der Waals surface area (Å²) >= 11 is 0. The number of hydrogen-bond acceptors (Lipinski definition) is 2. The summed E-state index contributed by atoms with van der Waals surface area (Å²) in [4.78, 5) is 24.2. The highest BCUT2D eigenvalue weighted by molar-refractivity contribution is 5.76. The topological polar surface area (TPSA) is 57.6 Å². The van der Waals surface area contributed by atoms with Crippen LogP contribution in [0.5, 0.6) is 0 Å². The van der Waals surface area contributed by atoms with Crippen molar-refractivity contribution in [1.29, 1.82) is 0 Å². The van der Waals surface area contributed by atoms with Gasteiger partial charge in [0, 0.05) is 13.1 Å². The molecule has 4 nitrogen and oxygen atoms in total. The van der Waals surface area contributed by atoms with E-state index >= 15 is 0 Å². The van der Waals surface area contributed by atoms with Gasteiger partial charge in [-0.15, -0.1) is 0 Å². The van der Waals surface area contributed by atoms with E-state index in [2.05, 4.69) is 32.9 Å². The number of carbonyl (C=O) groups excluding carboxylic acids is 1. The molecule has 1 aliphatic rings. The average Bonchev–Trinajstić information content (AvgIpc) is 2.90. The molecule has 0 atom stereocenters. The zero-order valence-corrected chi connectivity index (χ0v) is 15.3. The van der Waals surface area contributed by atoms with Gasteiger partial charge in [-0.1, -0.05) is 32.9 Å². The lowest BCUT2D eigenvalue weighted by Crippen LogP contribution is -2.13. The van der Waals surface area contributed by atoms with E-state index < -0.39 is 5.97 Å². The minimum Gasteiger partial charge on any atom is -0.481 e. The fraction of sp³-hybridized carbons (Fsp3) is 0.500. The van der Waals surface area contributed by atoms with Gasteiger partial charge >= 0.3 is 5.97 Å². The Morgan fingerprint density at radius 1 is 1.17 bits per heavy atom. The summed E-state index contributed by atoms with van der Waals surface area (Å²) in [5, 5.41) is 9.32. The van der Waals surface area contributed by atoms with Crippen molar-refractivity contribution in [2.45, 2.75) is 60.5 Å². The highest BCUT2D eigenvalue weighted by Gasteiger charge is 2.26. The Morgan fingerprint density at radius 3 is 2.25 bits per heavy atom. The molecule has 1 amide bonds. The maximum absolute atomic E-state index is 11.3. The molecule has 4 heteroatoms. The Balaban J connectivity index is 2.54. The van der Waals surface area contributed by atoms with E-state index in [0.717, 1.165) is 40.6 Å². The molecule has 1 N–H and O–H groups in total. The predicted octanol–water partition coefficient (Wildman–Crippen LogP) is 3.85.